The summed E-state index contributed by atoms with van der Waals surface area (Å²) in [6.07, 6.45) is -9.49. The highest BCUT2D eigenvalue weighted by Gasteiger charge is 2.62. The second kappa shape index (κ2) is 8.41. The molecule has 5 N–H and O–H groups in total. The number of nitrogens with one attached hydrogen (secondary N) is 1. The summed E-state index contributed by atoms with van der Waals surface area (Å²) in [5.41, 5.74) is 7.40. The van der Waals surface area contributed by atoms with Crippen molar-refractivity contribution >= 4 is 11.9 Å². The Morgan fingerprint density at radius 1 is 1.24 bits per heavy atom. The molecule has 0 aromatic carbocycles. The number of carbonyl (C=O) groups excluding carboxylic acids is 2. The number of imide groups is 1. The highest BCUT2D eigenvalue weighted by atomic mass is 19.4. The molecule has 3 fully saturated rings. The number of fused-ring (bicyclic) bond motifs is 1. The van der Waals surface area contributed by atoms with Gasteiger partial charge in [-0.25, -0.2) is 18.0 Å². The lowest BCUT2D eigenvalue weighted by atomic mass is 9.73. The lowest BCUT2D eigenvalue weighted by Gasteiger charge is -2.47. The first-order chi connectivity index (χ1) is 15.8. The average Bonchev–Trinajstić information content (AvgIpc) is 3.46. The number of hydrogen-bond donors (Lipinski definition) is 3. The second-order valence-electron chi connectivity index (χ2n) is 9.03. The number of ether oxygens (including phenoxy) is 1. The summed E-state index contributed by atoms with van der Waals surface area (Å²) in [6, 6.07) is -1.20. The average molecular weight is 497 g/mol. The van der Waals surface area contributed by atoms with Gasteiger partial charge in [-0.15, -0.1) is 0 Å². The predicted octanol–water partition coefficient (Wildman–Crippen LogP) is 1.93. The molecule has 2 aliphatic carbocycles. The zero-order chi connectivity index (χ0) is 25.2. The van der Waals surface area contributed by atoms with Gasteiger partial charge in [-0.1, -0.05) is 0 Å². The van der Waals surface area contributed by atoms with E-state index in [0.717, 1.165) is 4.90 Å². The first-order valence-corrected chi connectivity index (χ1v) is 10.8. The maximum Gasteiger partial charge on any atom is 0.415 e. The Morgan fingerprint density at radius 2 is 1.88 bits per heavy atom. The van der Waals surface area contributed by atoms with Crippen molar-refractivity contribution in [1.82, 2.24) is 15.1 Å². The lowest BCUT2D eigenvalue weighted by molar-refractivity contribution is -0.234. The number of halogens is 6. The van der Waals surface area contributed by atoms with Crippen LogP contribution in [0.2, 0.25) is 0 Å². The van der Waals surface area contributed by atoms with E-state index in [0.29, 0.717) is 12.8 Å². The molecular formula is C20H25F6N5O3. The summed E-state index contributed by atoms with van der Waals surface area (Å²) in [4.78, 5) is 27.5. The summed E-state index contributed by atoms with van der Waals surface area (Å²) in [5.74, 6) is -5.68. The van der Waals surface area contributed by atoms with Crippen LogP contribution in [0.15, 0.2) is 22.8 Å². The number of nitrogens with two attached hydrogens (primary N) is 2. The molecule has 0 spiro atoms. The number of urea groups is 1. The van der Waals surface area contributed by atoms with E-state index < -0.39 is 66.3 Å². The van der Waals surface area contributed by atoms with Crippen LogP contribution in [0.25, 0.3) is 0 Å². The Morgan fingerprint density at radius 3 is 2.41 bits per heavy atom. The van der Waals surface area contributed by atoms with Gasteiger partial charge in [0.2, 0.25) is 5.91 Å². The van der Waals surface area contributed by atoms with E-state index in [1.807, 2.05) is 5.32 Å². The van der Waals surface area contributed by atoms with E-state index in [2.05, 4.69) is 4.74 Å². The molecule has 1 saturated carbocycles. The number of nitrogens with zero attached hydrogens (tertiary/aromatic N) is 2. The first kappa shape index (κ1) is 24.8. The van der Waals surface area contributed by atoms with Gasteiger partial charge in [0.1, 0.15) is 11.5 Å². The fourth-order valence-corrected chi connectivity index (χ4v) is 5.20. The van der Waals surface area contributed by atoms with Gasteiger partial charge in [0.25, 0.3) is 6.43 Å². The molecule has 0 aromatic heterocycles. The normalized spacial score (nSPS) is 31.5. The molecule has 0 aromatic rings. The van der Waals surface area contributed by atoms with E-state index >= 15 is 4.39 Å². The number of likely N-dealkylation sites (tertiary alicyclic amines) is 1. The number of amides is 3. The maximum atomic E-state index is 15.8. The van der Waals surface area contributed by atoms with Gasteiger partial charge >= 0.3 is 12.2 Å². The Balaban J connectivity index is 1.79. The van der Waals surface area contributed by atoms with Gasteiger partial charge in [0.15, 0.2) is 11.9 Å². The van der Waals surface area contributed by atoms with Crippen molar-refractivity contribution in [3.8, 4) is 0 Å². The molecule has 8 nitrogen and oxygen atoms in total. The minimum absolute atomic E-state index is 0.0169. The van der Waals surface area contributed by atoms with Crippen LogP contribution in [0.4, 0.5) is 31.1 Å². The Kier molecular flexibility index (Phi) is 6.13. The molecular weight excluding hydrogens is 472 g/mol. The second-order valence-corrected chi connectivity index (χ2v) is 9.03. The highest BCUT2D eigenvalue weighted by molar-refractivity contribution is 6.02. The van der Waals surface area contributed by atoms with E-state index in [9.17, 15) is 31.5 Å². The zero-order valence-corrected chi connectivity index (χ0v) is 18.2. The number of rotatable bonds is 6. The molecule has 2 saturated heterocycles. The molecule has 4 rings (SSSR count). The van der Waals surface area contributed by atoms with Crippen molar-refractivity contribution in [3.05, 3.63) is 22.8 Å². The quantitative estimate of drug-likeness (QED) is 0.382. The van der Waals surface area contributed by atoms with Crippen molar-refractivity contribution in [3.63, 3.8) is 0 Å². The molecule has 2 heterocycles. The minimum Gasteiger partial charge on any atom is -0.369 e. The Hall–Kier alpha value is -2.32. The standard InChI is InChI=1S/C20H25F6N5O3/c1-8-12-11(16(32)29-18(33)31(12)10-2-3-10)19(28,17(22)23)14(21)13(8)30-5-4-9(6-30)15(34-7-27)20(24,25)26/h9-11,15,17H,2-7,27-28H2,1H3,(H,29,32,33). The van der Waals surface area contributed by atoms with Crippen LogP contribution in [0.5, 0.6) is 0 Å². The molecule has 3 amide bonds. The third-order valence-electron chi connectivity index (χ3n) is 6.89. The largest absolute Gasteiger partial charge is 0.415 e. The van der Waals surface area contributed by atoms with Crippen molar-refractivity contribution in [1.29, 1.82) is 0 Å². The summed E-state index contributed by atoms with van der Waals surface area (Å²) in [5, 5.41) is 1.98. The number of hydrogen-bond acceptors (Lipinski definition) is 6. The first-order valence-electron chi connectivity index (χ1n) is 10.8. The summed E-state index contributed by atoms with van der Waals surface area (Å²) in [7, 11) is 0. The summed E-state index contributed by atoms with van der Waals surface area (Å²) in [6.45, 7) is 0.194. The van der Waals surface area contributed by atoms with Gasteiger partial charge in [0.05, 0.1) is 12.4 Å². The smallest absolute Gasteiger partial charge is 0.369 e. The molecule has 34 heavy (non-hydrogen) atoms. The van der Waals surface area contributed by atoms with Crippen molar-refractivity contribution < 1.29 is 40.7 Å². The number of allylic oxidation sites excluding steroid dienone is 1. The fraction of sp³-hybridized carbons (Fsp3) is 0.700. The SMILES string of the molecule is CC1=C2C(C(=O)NC(=O)N2C2CC2)C(N)(C(F)F)C(F)=C1N1CCC(C(OCN)C(F)(F)F)C1. The maximum absolute atomic E-state index is 15.8. The molecule has 4 unspecified atom stereocenters. The Bertz CT molecular complexity index is 949. The van der Waals surface area contributed by atoms with E-state index in [1.54, 1.807) is 0 Å². The van der Waals surface area contributed by atoms with Crippen LogP contribution in [-0.4, -0.2) is 71.8 Å². The van der Waals surface area contributed by atoms with Gasteiger partial charge < -0.3 is 21.1 Å². The van der Waals surface area contributed by atoms with Crippen LogP contribution in [0, 0.1) is 11.8 Å². The fourth-order valence-electron chi connectivity index (χ4n) is 5.20. The Labute approximate surface area is 190 Å². The lowest BCUT2D eigenvalue weighted by Crippen LogP contribution is -2.67. The van der Waals surface area contributed by atoms with Gasteiger partial charge in [-0.05, 0) is 31.8 Å². The van der Waals surface area contributed by atoms with Crippen molar-refractivity contribution in [2.24, 2.45) is 23.3 Å². The van der Waals surface area contributed by atoms with Crippen molar-refractivity contribution in [2.75, 3.05) is 19.8 Å². The number of alkyl halides is 5. The topological polar surface area (TPSA) is 114 Å². The van der Waals surface area contributed by atoms with Crippen LogP contribution in [0.1, 0.15) is 26.2 Å². The molecule has 0 radical (unpaired) electrons. The highest BCUT2D eigenvalue weighted by Crippen LogP contribution is 2.50. The molecule has 0 bridgehead atoms. The van der Waals surface area contributed by atoms with Crippen LogP contribution >= 0.6 is 0 Å². The van der Waals surface area contributed by atoms with Crippen molar-refractivity contribution in [2.45, 2.75) is 56.5 Å². The molecule has 4 aliphatic rings. The van der Waals surface area contributed by atoms with Gasteiger partial charge in [-0.2, -0.15) is 13.2 Å². The predicted molar refractivity (Wildman–Crippen MR) is 105 cm³/mol. The van der Waals surface area contributed by atoms with E-state index in [1.165, 1.54) is 11.8 Å². The van der Waals surface area contributed by atoms with Crippen LogP contribution in [0.3, 0.4) is 0 Å². The van der Waals surface area contributed by atoms with Gasteiger partial charge in [-0.3, -0.25) is 15.0 Å². The molecule has 2 aliphatic heterocycles. The summed E-state index contributed by atoms with van der Waals surface area (Å²) < 4.78 is 89.4. The monoisotopic (exact) mass is 497 g/mol. The molecule has 190 valence electrons. The third kappa shape index (κ3) is 3.75. The molecule has 4 atom stereocenters. The van der Waals surface area contributed by atoms with Gasteiger partial charge in [0, 0.05) is 30.7 Å². The molecule has 14 heteroatoms. The van der Waals surface area contributed by atoms with Crippen LogP contribution < -0.4 is 16.8 Å². The third-order valence-corrected chi connectivity index (χ3v) is 6.89. The van der Waals surface area contributed by atoms with E-state index in [-0.39, 0.29) is 36.8 Å². The summed E-state index contributed by atoms with van der Waals surface area (Å²) >= 11 is 0. The van der Waals surface area contributed by atoms with Crippen LogP contribution in [-0.2, 0) is 9.53 Å². The minimum atomic E-state index is -4.74. The van der Waals surface area contributed by atoms with E-state index in [4.69, 9.17) is 11.5 Å². The zero-order valence-electron chi connectivity index (χ0n) is 18.2. The number of carbonyl (C=O) groups is 2.